The standard InChI is InChI=1S/C7H17NO3/c1-3-7(11-4-2)5-6-8(9)10/h7,9-10H,3-6H2,1-2H3. The van der Waals surface area contributed by atoms with Crippen molar-refractivity contribution in [3.8, 4) is 0 Å². The normalized spacial score (nSPS) is 13.9. The molecule has 4 heteroatoms. The Hall–Kier alpha value is -0.160. The van der Waals surface area contributed by atoms with Crippen molar-refractivity contribution in [3.05, 3.63) is 0 Å². The van der Waals surface area contributed by atoms with Crippen LogP contribution < -0.4 is 0 Å². The lowest BCUT2D eigenvalue weighted by molar-refractivity contribution is -0.308. The molecule has 0 amide bonds. The SMILES string of the molecule is CCOC(CC)CCN(O)O. The summed E-state index contributed by atoms with van der Waals surface area (Å²) in [4.78, 5) is 0. The first kappa shape index (κ1) is 10.8. The maximum atomic E-state index is 8.40. The number of hydrogen-bond donors (Lipinski definition) is 2. The first-order valence-corrected chi connectivity index (χ1v) is 3.97. The van der Waals surface area contributed by atoms with Gasteiger partial charge in [0, 0.05) is 6.61 Å². The van der Waals surface area contributed by atoms with E-state index in [0.717, 1.165) is 6.42 Å². The van der Waals surface area contributed by atoms with Crippen LogP contribution in [0.3, 0.4) is 0 Å². The molecule has 0 aliphatic rings. The van der Waals surface area contributed by atoms with E-state index in [2.05, 4.69) is 0 Å². The van der Waals surface area contributed by atoms with Gasteiger partial charge >= 0.3 is 0 Å². The summed E-state index contributed by atoms with van der Waals surface area (Å²) in [6.45, 7) is 4.85. The van der Waals surface area contributed by atoms with Gasteiger partial charge in [0.2, 0.25) is 0 Å². The van der Waals surface area contributed by atoms with E-state index in [4.69, 9.17) is 15.2 Å². The zero-order valence-corrected chi connectivity index (χ0v) is 7.16. The molecule has 0 aromatic carbocycles. The monoisotopic (exact) mass is 163 g/mol. The van der Waals surface area contributed by atoms with Crippen LogP contribution in [0.15, 0.2) is 0 Å². The molecule has 0 saturated heterocycles. The van der Waals surface area contributed by atoms with E-state index in [9.17, 15) is 0 Å². The topological polar surface area (TPSA) is 52.9 Å². The number of rotatable bonds is 6. The molecule has 0 fully saturated rings. The van der Waals surface area contributed by atoms with E-state index >= 15 is 0 Å². The van der Waals surface area contributed by atoms with Crippen molar-refractivity contribution in [3.63, 3.8) is 0 Å². The molecule has 0 aliphatic carbocycles. The van der Waals surface area contributed by atoms with Crippen LogP contribution in [0.25, 0.3) is 0 Å². The highest BCUT2D eigenvalue weighted by molar-refractivity contribution is 4.54. The number of hydroxylamine groups is 2. The van der Waals surface area contributed by atoms with Crippen LogP contribution in [0.1, 0.15) is 26.7 Å². The van der Waals surface area contributed by atoms with Crippen molar-refractivity contribution < 1.29 is 15.2 Å². The van der Waals surface area contributed by atoms with Gasteiger partial charge in [0.05, 0.1) is 12.6 Å². The quantitative estimate of drug-likeness (QED) is 0.579. The molecule has 2 N–H and O–H groups in total. The fourth-order valence-corrected chi connectivity index (χ4v) is 0.900. The molecule has 0 saturated carbocycles. The van der Waals surface area contributed by atoms with Crippen molar-refractivity contribution in [1.82, 2.24) is 5.23 Å². The minimum atomic E-state index is 0.141. The summed E-state index contributed by atoms with van der Waals surface area (Å²) in [7, 11) is 0. The molecular weight excluding hydrogens is 146 g/mol. The Bertz CT molecular complexity index is 87.8. The fourth-order valence-electron chi connectivity index (χ4n) is 0.900. The van der Waals surface area contributed by atoms with Crippen molar-refractivity contribution >= 4 is 0 Å². The summed E-state index contributed by atoms with van der Waals surface area (Å²) in [6.07, 6.45) is 1.70. The number of ether oxygens (including phenoxy) is 1. The smallest absolute Gasteiger partial charge is 0.0586 e. The van der Waals surface area contributed by atoms with Gasteiger partial charge < -0.3 is 4.74 Å². The van der Waals surface area contributed by atoms with E-state index in [1.165, 1.54) is 0 Å². The molecule has 4 nitrogen and oxygen atoms in total. The summed E-state index contributed by atoms with van der Waals surface area (Å²) >= 11 is 0. The lowest BCUT2D eigenvalue weighted by Crippen LogP contribution is -2.22. The van der Waals surface area contributed by atoms with Gasteiger partial charge in [0.1, 0.15) is 0 Å². The lowest BCUT2D eigenvalue weighted by atomic mass is 10.2. The second-order valence-corrected chi connectivity index (χ2v) is 2.37. The van der Waals surface area contributed by atoms with Crippen LogP contribution in [0.2, 0.25) is 0 Å². The molecule has 0 rings (SSSR count). The molecular formula is C7H17NO3. The van der Waals surface area contributed by atoms with Gasteiger partial charge in [-0.3, -0.25) is 10.4 Å². The van der Waals surface area contributed by atoms with Gasteiger partial charge in [-0.25, -0.2) is 0 Å². The summed E-state index contributed by atoms with van der Waals surface area (Å²) in [5.74, 6) is 0. The molecule has 1 unspecified atom stereocenters. The minimum Gasteiger partial charge on any atom is -0.378 e. The molecule has 0 aromatic rings. The van der Waals surface area contributed by atoms with Crippen LogP contribution in [0.4, 0.5) is 0 Å². The molecule has 0 bridgehead atoms. The Balaban J connectivity index is 3.35. The van der Waals surface area contributed by atoms with Crippen molar-refractivity contribution in [1.29, 1.82) is 0 Å². The molecule has 0 radical (unpaired) electrons. The summed E-state index contributed by atoms with van der Waals surface area (Å²) in [5, 5.41) is 17.0. The van der Waals surface area contributed by atoms with E-state index < -0.39 is 0 Å². The van der Waals surface area contributed by atoms with Gasteiger partial charge in [0.25, 0.3) is 0 Å². The Morgan fingerprint density at radius 3 is 2.36 bits per heavy atom. The van der Waals surface area contributed by atoms with Crippen LogP contribution in [-0.2, 0) is 4.74 Å². The van der Waals surface area contributed by atoms with Gasteiger partial charge in [-0.2, -0.15) is 0 Å². The largest absolute Gasteiger partial charge is 0.378 e. The van der Waals surface area contributed by atoms with Gasteiger partial charge in [-0.15, -0.1) is 0 Å². The van der Waals surface area contributed by atoms with E-state index in [1.807, 2.05) is 13.8 Å². The summed E-state index contributed by atoms with van der Waals surface area (Å²) < 4.78 is 5.29. The molecule has 0 heterocycles. The second-order valence-electron chi connectivity index (χ2n) is 2.37. The van der Waals surface area contributed by atoms with Gasteiger partial charge in [-0.05, 0) is 19.8 Å². The highest BCUT2D eigenvalue weighted by Crippen LogP contribution is 2.03. The summed E-state index contributed by atoms with van der Waals surface area (Å²) in [6, 6.07) is 0. The van der Waals surface area contributed by atoms with Crippen LogP contribution in [0.5, 0.6) is 0 Å². The van der Waals surface area contributed by atoms with Crippen molar-refractivity contribution in [2.45, 2.75) is 32.8 Å². The van der Waals surface area contributed by atoms with Crippen LogP contribution in [-0.4, -0.2) is 34.9 Å². The fraction of sp³-hybridized carbons (Fsp3) is 1.00. The highest BCUT2D eigenvalue weighted by Gasteiger charge is 2.06. The van der Waals surface area contributed by atoms with E-state index in [0.29, 0.717) is 13.0 Å². The average molecular weight is 163 g/mol. The lowest BCUT2D eigenvalue weighted by Gasteiger charge is -2.15. The van der Waals surface area contributed by atoms with Crippen LogP contribution in [0, 0.1) is 0 Å². The third-order valence-corrected chi connectivity index (χ3v) is 1.51. The average Bonchev–Trinajstić information content (AvgIpc) is 1.97. The zero-order valence-electron chi connectivity index (χ0n) is 7.16. The summed E-state index contributed by atoms with van der Waals surface area (Å²) in [5.41, 5.74) is 0. The third kappa shape index (κ3) is 6.25. The maximum absolute atomic E-state index is 8.40. The van der Waals surface area contributed by atoms with E-state index in [-0.39, 0.29) is 17.9 Å². The zero-order chi connectivity index (χ0) is 8.69. The first-order chi connectivity index (χ1) is 5.20. The Labute approximate surface area is 67.3 Å². The first-order valence-electron chi connectivity index (χ1n) is 3.97. The predicted octanol–water partition coefficient (Wildman–Crippen LogP) is 1.27. The van der Waals surface area contributed by atoms with Gasteiger partial charge in [-0.1, -0.05) is 12.2 Å². The molecule has 0 aromatic heterocycles. The van der Waals surface area contributed by atoms with Gasteiger partial charge in [0.15, 0.2) is 0 Å². The number of hydrogen-bond acceptors (Lipinski definition) is 4. The van der Waals surface area contributed by atoms with Crippen LogP contribution >= 0.6 is 0 Å². The molecule has 68 valence electrons. The predicted molar refractivity (Wildman–Crippen MR) is 40.6 cm³/mol. The minimum absolute atomic E-state index is 0.141. The Morgan fingerprint density at radius 1 is 1.36 bits per heavy atom. The number of nitrogens with zero attached hydrogens (tertiary/aromatic N) is 1. The molecule has 0 aliphatic heterocycles. The second kappa shape index (κ2) is 6.54. The molecule has 11 heavy (non-hydrogen) atoms. The van der Waals surface area contributed by atoms with E-state index in [1.54, 1.807) is 0 Å². The maximum Gasteiger partial charge on any atom is 0.0586 e. The molecule has 1 atom stereocenters. The Kier molecular flexibility index (Phi) is 6.45. The third-order valence-electron chi connectivity index (χ3n) is 1.51. The highest BCUT2D eigenvalue weighted by atomic mass is 16.8. The molecule has 0 spiro atoms. The van der Waals surface area contributed by atoms with Crippen molar-refractivity contribution in [2.24, 2.45) is 0 Å². The van der Waals surface area contributed by atoms with Crippen molar-refractivity contribution in [2.75, 3.05) is 13.2 Å². The Morgan fingerprint density at radius 2 is 2.00 bits per heavy atom.